The van der Waals surface area contributed by atoms with Crippen molar-refractivity contribution in [1.82, 2.24) is 0 Å². The van der Waals surface area contributed by atoms with Gasteiger partial charge in [-0.1, -0.05) is 6.07 Å². The second kappa shape index (κ2) is 6.87. The van der Waals surface area contributed by atoms with Crippen molar-refractivity contribution in [3.8, 4) is 0 Å². The Morgan fingerprint density at radius 3 is 2.41 bits per heavy atom. The molecule has 0 heterocycles. The Labute approximate surface area is 130 Å². The van der Waals surface area contributed by atoms with Crippen LogP contribution >= 0.6 is 11.8 Å². The number of amides is 1. The van der Waals surface area contributed by atoms with Gasteiger partial charge in [0.25, 0.3) is 0 Å². The molecule has 0 aliphatic carbocycles. The lowest BCUT2D eigenvalue weighted by molar-refractivity contribution is -0.115. The third-order valence-corrected chi connectivity index (χ3v) is 4.11. The molecule has 1 amide bonds. The summed E-state index contributed by atoms with van der Waals surface area (Å²) >= 11 is 1.09. The average molecular weight is 325 g/mol. The van der Waals surface area contributed by atoms with Crippen LogP contribution in [0.3, 0.4) is 0 Å². The van der Waals surface area contributed by atoms with Gasteiger partial charge in [0.1, 0.15) is 5.82 Å². The molecule has 0 aliphatic rings. The van der Waals surface area contributed by atoms with E-state index >= 15 is 0 Å². The van der Waals surface area contributed by atoms with Crippen molar-refractivity contribution in [2.24, 2.45) is 0 Å². The fourth-order valence-electron chi connectivity index (χ4n) is 1.72. The van der Waals surface area contributed by atoms with E-state index in [-0.39, 0.29) is 5.91 Å². The van der Waals surface area contributed by atoms with Crippen molar-refractivity contribution >= 4 is 23.4 Å². The van der Waals surface area contributed by atoms with Crippen LogP contribution in [0.5, 0.6) is 0 Å². The van der Waals surface area contributed by atoms with Crippen LogP contribution in [-0.2, 0) is 4.79 Å². The summed E-state index contributed by atoms with van der Waals surface area (Å²) in [6.07, 6.45) is 0. The summed E-state index contributed by atoms with van der Waals surface area (Å²) in [6.45, 7) is 3.26. The lowest BCUT2D eigenvalue weighted by Gasteiger charge is -2.12. The van der Waals surface area contributed by atoms with Crippen LogP contribution in [0.25, 0.3) is 0 Å². The van der Waals surface area contributed by atoms with Gasteiger partial charge in [0.15, 0.2) is 11.6 Å². The minimum Gasteiger partial charge on any atom is -0.325 e. The molecule has 0 saturated carbocycles. The van der Waals surface area contributed by atoms with Gasteiger partial charge in [-0.25, -0.2) is 13.2 Å². The Balaban J connectivity index is 2.02. The molecular weight excluding hydrogens is 311 g/mol. The van der Waals surface area contributed by atoms with Crippen LogP contribution in [0.15, 0.2) is 41.3 Å². The topological polar surface area (TPSA) is 29.1 Å². The zero-order valence-corrected chi connectivity index (χ0v) is 12.8. The number of carbonyl (C=O) groups excluding carboxylic acids is 1. The summed E-state index contributed by atoms with van der Waals surface area (Å²) in [5, 5.41) is 2.04. The Bertz CT molecular complexity index is 706. The molecule has 0 aliphatic heterocycles. The van der Waals surface area contributed by atoms with Gasteiger partial charge in [-0.2, -0.15) is 0 Å². The van der Waals surface area contributed by atoms with Crippen LogP contribution in [0.4, 0.5) is 18.9 Å². The third kappa shape index (κ3) is 4.04. The number of rotatable bonds is 4. The molecule has 1 N–H and O–H groups in total. The van der Waals surface area contributed by atoms with Gasteiger partial charge in [-0.05, 0) is 49.7 Å². The zero-order chi connectivity index (χ0) is 16.3. The first-order valence-electron chi connectivity index (χ1n) is 6.55. The molecule has 2 aromatic carbocycles. The minimum absolute atomic E-state index is 0.349. The van der Waals surface area contributed by atoms with Gasteiger partial charge in [0.05, 0.1) is 5.25 Å². The maximum atomic E-state index is 13.4. The highest BCUT2D eigenvalue weighted by atomic mass is 32.2. The summed E-state index contributed by atoms with van der Waals surface area (Å²) in [6, 6.07) is 7.86. The van der Waals surface area contributed by atoms with E-state index < -0.39 is 22.7 Å². The fourth-order valence-corrected chi connectivity index (χ4v) is 2.61. The number of anilines is 1. The zero-order valence-electron chi connectivity index (χ0n) is 12.0. The van der Waals surface area contributed by atoms with E-state index in [1.54, 1.807) is 26.0 Å². The second-order valence-corrected chi connectivity index (χ2v) is 6.20. The van der Waals surface area contributed by atoms with Crippen LogP contribution in [0.2, 0.25) is 0 Å². The largest absolute Gasteiger partial charge is 0.325 e. The Morgan fingerprint density at radius 1 is 1.05 bits per heavy atom. The molecule has 2 nitrogen and oxygen atoms in total. The smallest absolute Gasteiger partial charge is 0.237 e. The van der Waals surface area contributed by atoms with Gasteiger partial charge < -0.3 is 5.32 Å². The van der Waals surface area contributed by atoms with E-state index in [1.165, 1.54) is 12.1 Å². The van der Waals surface area contributed by atoms with Gasteiger partial charge in [-0.15, -0.1) is 11.8 Å². The molecule has 0 bridgehead atoms. The fraction of sp³-hybridized carbons (Fsp3) is 0.188. The predicted molar refractivity (Wildman–Crippen MR) is 81.4 cm³/mol. The molecule has 2 aromatic rings. The van der Waals surface area contributed by atoms with Crippen molar-refractivity contribution in [2.45, 2.75) is 24.0 Å². The molecule has 6 heteroatoms. The lowest BCUT2D eigenvalue weighted by atomic mass is 10.2. The number of nitrogens with one attached hydrogen (secondary N) is 1. The molecular formula is C16H14F3NOS. The molecule has 0 fully saturated rings. The standard InChI is InChI=1S/C16H14F3NOS/c1-9-3-4-11(7-14(9)18)20-16(21)10(2)22-12-5-6-13(17)15(19)8-12/h3-8,10H,1-2H3,(H,20,21). The van der Waals surface area contributed by atoms with Crippen LogP contribution in [-0.4, -0.2) is 11.2 Å². The molecule has 0 radical (unpaired) electrons. The van der Waals surface area contributed by atoms with Crippen molar-refractivity contribution in [3.63, 3.8) is 0 Å². The summed E-state index contributed by atoms with van der Waals surface area (Å²) in [5.41, 5.74) is 0.841. The van der Waals surface area contributed by atoms with Crippen LogP contribution < -0.4 is 5.32 Å². The van der Waals surface area contributed by atoms with E-state index in [0.29, 0.717) is 16.1 Å². The number of hydrogen-bond donors (Lipinski definition) is 1. The molecule has 2 rings (SSSR count). The maximum absolute atomic E-state index is 13.4. The Morgan fingerprint density at radius 2 is 1.77 bits per heavy atom. The van der Waals surface area contributed by atoms with Crippen molar-refractivity contribution in [1.29, 1.82) is 0 Å². The lowest BCUT2D eigenvalue weighted by Crippen LogP contribution is -2.22. The highest BCUT2D eigenvalue weighted by Gasteiger charge is 2.16. The quantitative estimate of drug-likeness (QED) is 0.837. The summed E-state index contributed by atoms with van der Waals surface area (Å²) < 4.78 is 39.4. The monoisotopic (exact) mass is 325 g/mol. The molecule has 0 aromatic heterocycles. The maximum Gasteiger partial charge on any atom is 0.237 e. The van der Waals surface area contributed by atoms with Gasteiger partial charge >= 0.3 is 0 Å². The highest BCUT2D eigenvalue weighted by molar-refractivity contribution is 8.00. The second-order valence-electron chi connectivity index (χ2n) is 4.79. The number of benzene rings is 2. The van der Waals surface area contributed by atoms with Gasteiger partial charge in [0, 0.05) is 10.6 Å². The van der Waals surface area contributed by atoms with E-state index in [1.807, 2.05) is 0 Å². The number of aryl methyl sites for hydroxylation is 1. The number of thioether (sulfide) groups is 1. The first kappa shape index (κ1) is 16.4. The molecule has 116 valence electrons. The first-order valence-corrected chi connectivity index (χ1v) is 7.43. The molecule has 1 atom stereocenters. The molecule has 0 spiro atoms. The average Bonchev–Trinajstić information content (AvgIpc) is 2.46. The third-order valence-electron chi connectivity index (χ3n) is 3.01. The number of hydrogen-bond acceptors (Lipinski definition) is 2. The predicted octanol–water partition coefficient (Wildman–Crippen LogP) is 4.53. The molecule has 0 saturated heterocycles. The summed E-state index contributed by atoms with van der Waals surface area (Å²) in [7, 11) is 0. The van der Waals surface area contributed by atoms with E-state index in [4.69, 9.17) is 0 Å². The Hall–Kier alpha value is -1.95. The molecule has 1 unspecified atom stereocenters. The van der Waals surface area contributed by atoms with E-state index in [9.17, 15) is 18.0 Å². The van der Waals surface area contributed by atoms with Crippen molar-refractivity contribution in [3.05, 3.63) is 59.4 Å². The van der Waals surface area contributed by atoms with Gasteiger partial charge in [-0.3, -0.25) is 4.79 Å². The van der Waals surface area contributed by atoms with E-state index in [2.05, 4.69) is 5.32 Å². The minimum atomic E-state index is -0.960. The highest BCUT2D eigenvalue weighted by Crippen LogP contribution is 2.26. The summed E-state index contributed by atoms with van der Waals surface area (Å²) in [5.74, 6) is -2.65. The van der Waals surface area contributed by atoms with Crippen LogP contribution in [0, 0.1) is 24.4 Å². The van der Waals surface area contributed by atoms with E-state index in [0.717, 1.165) is 23.9 Å². The SMILES string of the molecule is Cc1ccc(NC(=O)C(C)Sc2ccc(F)c(F)c2)cc1F. The molecule has 22 heavy (non-hydrogen) atoms. The van der Waals surface area contributed by atoms with Gasteiger partial charge in [0.2, 0.25) is 5.91 Å². The first-order chi connectivity index (χ1) is 10.4. The van der Waals surface area contributed by atoms with Crippen LogP contribution in [0.1, 0.15) is 12.5 Å². The number of carbonyl (C=O) groups is 1. The number of halogens is 3. The van der Waals surface area contributed by atoms with Crippen molar-refractivity contribution in [2.75, 3.05) is 5.32 Å². The summed E-state index contributed by atoms with van der Waals surface area (Å²) in [4.78, 5) is 12.5. The Kier molecular flexibility index (Phi) is 5.13. The normalized spacial score (nSPS) is 12.0. The van der Waals surface area contributed by atoms with Crippen molar-refractivity contribution < 1.29 is 18.0 Å².